The fraction of sp³-hybridized carbons (Fsp3) is 0.105. The van der Waals surface area contributed by atoms with E-state index in [2.05, 4.69) is 15.2 Å². The average molecular weight is 388 g/mol. The molecule has 27 heavy (non-hydrogen) atoms. The van der Waals surface area contributed by atoms with E-state index in [1.54, 1.807) is 18.2 Å². The highest BCUT2D eigenvalue weighted by molar-refractivity contribution is 6.33. The normalized spacial score (nSPS) is 10.5. The van der Waals surface area contributed by atoms with E-state index < -0.39 is 11.9 Å². The van der Waals surface area contributed by atoms with Crippen LogP contribution >= 0.6 is 11.6 Å². The summed E-state index contributed by atoms with van der Waals surface area (Å²) in [6.45, 7) is 0.177. The minimum atomic E-state index is -0.489. The SMILES string of the molecule is COC(=O)c1ccc(C(=O)Nc2nn(Cc3ccccc3F)cc2Cl)cc1. The Morgan fingerprint density at radius 3 is 2.48 bits per heavy atom. The van der Waals surface area contributed by atoms with E-state index in [0.29, 0.717) is 16.7 Å². The van der Waals surface area contributed by atoms with Gasteiger partial charge in [0, 0.05) is 17.3 Å². The van der Waals surface area contributed by atoms with Crippen LogP contribution in [0.2, 0.25) is 5.02 Å². The van der Waals surface area contributed by atoms with E-state index in [4.69, 9.17) is 11.6 Å². The highest BCUT2D eigenvalue weighted by Gasteiger charge is 2.14. The number of hydrogen-bond donors (Lipinski definition) is 1. The van der Waals surface area contributed by atoms with Crippen LogP contribution in [0.25, 0.3) is 0 Å². The number of nitrogens with zero attached hydrogens (tertiary/aromatic N) is 2. The Labute approximate surface area is 159 Å². The van der Waals surface area contributed by atoms with Crippen LogP contribution in [-0.2, 0) is 11.3 Å². The predicted molar refractivity (Wildman–Crippen MR) is 98.5 cm³/mol. The van der Waals surface area contributed by atoms with E-state index in [1.807, 2.05) is 0 Å². The van der Waals surface area contributed by atoms with Gasteiger partial charge in [-0.2, -0.15) is 5.10 Å². The second kappa shape index (κ2) is 8.01. The van der Waals surface area contributed by atoms with E-state index in [-0.39, 0.29) is 23.2 Å². The van der Waals surface area contributed by atoms with Crippen LogP contribution in [0.1, 0.15) is 26.3 Å². The van der Waals surface area contributed by atoms with Gasteiger partial charge in [0.05, 0.1) is 19.2 Å². The van der Waals surface area contributed by atoms with Crippen molar-refractivity contribution in [3.8, 4) is 0 Å². The molecule has 0 saturated carbocycles. The zero-order valence-electron chi connectivity index (χ0n) is 14.3. The fourth-order valence-electron chi connectivity index (χ4n) is 2.42. The number of halogens is 2. The van der Waals surface area contributed by atoms with E-state index in [1.165, 1.54) is 48.3 Å². The topological polar surface area (TPSA) is 73.2 Å². The van der Waals surface area contributed by atoms with Crippen molar-refractivity contribution in [2.75, 3.05) is 12.4 Å². The zero-order valence-corrected chi connectivity index (χ0v) is 15.0. The highest BCUT2D eigenvalue weighted by atomic mass is 35.5. The van der Waals surface area contributed by atoms with Crippen LogP contribution in [0.5, 0.6) is 0 Å². The van der Waals surface area contributed by atoms with Gasteiger partial charge < -0.3 is 10.1 Å². The number of esters is 1. The van der Waals surface area contributed by atoms with Crippen LogP contribution in [0.3, 0.4) is 0 Å². The first-order valence-electron chi connectivity index (χ1n) is 7.94. The van der Waals surface area contributed by atoms with Crippen LogP contribution in [0.15, 0.2) is 54.7 Å². The number of methoxy groups -OCH3 is 1. The number of hydrogen-bond acceptors (Lipinski definition) is 4. The number of benzene rings is 2. The lowest BCUT2D eigenvalue weighted by Gasteiger charge is -2.05. The molecule has 8 heteroatoms. The van der Waals surface area contributed by atoms with Crippen molar-refractivity contribution >= 4 is 29.3 Å². The van der Waals surface area contributed by atoms with Gasteiger partial charge in [-0.1, -0.05) is 29.8 Å². The van der Waals surface area contributed by atoms with Crippen molar-refractivity contribution in [1.29, 1.82) is 0 Å². The standard InChI is InChI=1S/C19H15ClFN3O3/c1-27-19(26)13-8-6-12(7-9-13)18(25)22-17-15(20)11-24(23-17)10-14-4-2-3-5-16(14)21/h2-9,11H,10H2,1H3,(H,22,23,25). The van der Waals surface area contributed by atoms with E-state index >= 15 is 0 Å². The third-order valence-corrected chi connectivity index (χ3v) is 4.08. The molecule has 6 nitrogen and oxygen atoms in total. The smallest absolute Gasteiger partial charge is 0.337 e. The molecule has 0 spiro atoms. The molecule has 3 rings (SSSR count). The van der Waals surface area contributed by atoms with Gasteiger partial charge in [-0.25, -0.2) is 9.18 Å². The molecule has 1 N–H and O–H groups in total. The van der Waals surface area contributed by atoms with Crippen molar-refractivity contribution in [1.82, 2.24) is 9.78 Å². The maximum Gasteiger partial charge on any atom is 0.337 e. The van der Waals surface area contributed by atoms with Gasteiger partial charge in [0.2, 0.25) is 0 Å². The predicted octanol–water partition coefficient (Wildman–Crippen LogP) is 3.76. The van der Waals surface area contributed by atoms with Gasteiger partial charge in [-0.3, -0.25) is 9.48 Å². The minimum absolute atomic E-state index is 0.162. The summed E-state index contributed by atoms with van der Waals surface area (Å²) >= 11 is 6.12. The first-order chi connectivity index (χ1) is 13.0. The van der Waals surface area contributed by atoms with E-state index in [0.717, 1.165) is 0 Å². The maximum atomic E-state index is 13.8. The van der Waals surface area contributed by atoms with Gasteiger partial charge in [0.15, 0.2) is 5.82 Å². The summed E-state index contributed by atoms with van der Waals surface area (Å²) in [6, 6.07) is 12.3. The van der Waals surface area contributed by atoms with Crippen molar-refractivity contribution in [3.63, 3.8) is 0 Å². The molecule has 1 amide bonds. The summed E-state index contributed by atoms with van der Waals surface area (Å²) in [5.41, 5.74) is 1.11. The maximum absolute atomic E-state index is 13.8. The average Bonchev–Trinajstić information content (AvgIpc) is 3.02. The van der Waals surface area contributed by atoms with Gasteiger partial charge in [0.1, 0.15) is 10.8 Å². The molecule has 3 aromatic rings. The molecule has 1 heterocycles. The van der Waals surface area contributed by atoms with Gasteiger partial charge in [-0.15, -0.1) is 0 Å². The number of anilines is 1. The number of carbonyl (C=O) groups is 2. The number of amides is 1. The summed E-state index contributed by atoms with van der Waals surface area (Å²) in [7, 11) is 1.28. The number of ether oxygens (including phenoxy) is 1. The Bertz CT molecular complexity index is 986. The number of rotatable bonds is 5. The van der Waals surface area contributed by atoms with Gasteiger partial charge >= 0.3 is 5.97 Å². The number of carbonyl (C=O) groups excluding carboxylic acids is 2. The monoisotopic (exact) mass is 387 g/mol. The largest absolute Gasteiger partial charge is 0.465 e. The highest BCUT2D eigenvalue weighted by Crippen LogP contribution is 2.21. The van der Waals surface area contributed by atoms with E-state index in [9.17, 15) is 14.0 Å². The molecule has 0 aliphatic rings. The van der Waals surface area contributed by atoms with Crippen molar-refractivity contribution in [2.24, 2.45) is 0 Å². The first-order valence-corrected chi connectivity index (χ1v) is 8.32. The molecule has 0 aliphatic carbocycles. The van der Waals surface area contributed by atoms with Gasteiger partial charge in [-0.05, 0) is 30.3 Å². The molecular weight excluding hydrogens is 373 g/mol. The van der Waals surface area contributed by atoms with Gasteiger partial charge in [0.25, 0.3) is 5.91 Å². The molecule has 2 aromatic carbocycles. The number of aromatic nitrogens is 2. The Balaban J connectivity index is 1.72. The van der Waals surface area contributed by atoms with Crippen molar-refractivity contribution in [3.05, 3.63) is 82.3 Å². The van der Waals surface area contributed by atoms with Crippen molar-refractivity contribution in [2.45, 2.75) is 6.54 Å². The summed E-state index contributed by atoms with van der Waals surface area (Å²) in [5, 5.41) is 7.01. The molecule has 0 saturated heterocycles. The molecule has 0 fully saturated rings. The Morgan fingerprint density at radius 2 is 1.81 bits per heavy atom. The van der Waals surface area contributed by atoms with Crippen LogP contribution in [-0.4, -0.2) is 28.8 Å². The summed E-state index contributed by atoms with van der Waals surface area (Å²) in [5.74, 6) is -1.11. The van der Waals surface area contributed by atoms with Crippen LogP contribution < -0.4 is 5.32 Å². The van der Waals surface area contributed by atoms with Crippen LogP contribution in [0.4, 0.5) is 10.2 Å². The molecule has 0 unspecified atom stereocenters. The molecular formula is C19H15ClFN3O3. The number of nitrogens with one attached hydrogen (secondary N) is 1. The summed E-state index contributed by atoms with van der Waals surface area (Å²) in [4.78, 5) is 23.8. The third kappa shape index (κ3) is 4.32. The zero-order chi connectivity index (χ0) is 19.4. The summed E-state index contributed by atoms with van der Waals surface area (Å²) in [6.07, 6.45) is 1.50. The van der Waals surface area contributed by atoms with Crippen molar-refractivity contribution < 1.29 is 18.7 Å². The lowest BCUT2D eigenvalue weighted by Crippen LogP contribution is -2.13. The fourth-order valence-corrected chi connectivity index (χ4v) is 2.62. The molecule has 0 bridgehead atoms. The lowest BCUT2D eigenvalue weighted by molar-refractivity contribution is 0.0600. The Kier molecular flexibility index (Phi) is 5.52. The quantitative estimate of drug-likeness (QED) is 0.676. The Morgan fingerprint density at radius 1 is 1.15 bits per heavy atom. The van der Waals surface area contributed by atoms with Crippen LogP contribution in [0, 0.1) is 5.82 Å². The summed E-state index contributed by atoms with van der Waals surface area (Å²) < 4.78 is 19.8. The second-order valence-electron chi connectivity index (χ2n) is 5.64. The Hall–Kier alpha value is -3.19. The minimum Gasteiger partial charge on any atom is -0.465 e. The lowest BCUT2D eigenvalue weighted by atomic mass is 10.1. The molecule has 0 radical (unpaired) electrons. The molecule has 0 aliphatic heterocycles. The first kappa shape index (κ1) is 18.6. The molecule has 1 aromatic heterocycles. The molecule has 138 valence electrons. The molecule has 0 atom stereocenters. The third-order valence-electron chi connectivity index (χ3n) is 3.81. The second-order valence-corrected chi connectivity index (χ2v) is 6.04.